The van der Waals surface area contributed by atoms with Crippen LogP contribution in [0.1, 0.15) is 16.8 Å². The van der Waals surface area contributed by atoms with Crippen LogP contribution in [0, 0.1) is 0 Å². The van der Waals surface area contributed by atoms with Crippen LogP contribution in [-0.4, -0.2) is 27.4 Å². The van der Waals surface area contributed by atoms with Crippen LogP contribution in [0.25, 0.3) is 0 Å². The van der Waals surface area contributed by atoms with E-state index in [2.05, 4.69) is 15.6 Å². The van der Waals surface area contributed by atoms with E-state index in [1.165, 1.54) is 0 Å². The fraction of sp³-hybridized carbons (Fsp3) is 0.286. The Morgan fingerprint density at radius 2 is 2.10 bits per heavy atom. The van der Waals surface area contributed by atoms with E-state index in [4.69, 9.17) is 10.9 Å². The Balaban J connectivity index is 1.77. The van der Waals surface area contributed by atoms with Crippen LogP contribution in [-0.2, 0) is 20.0 Å². The number of hydrogen-bond acceptors (Lipinski definition) is 4. The van der Waals surface area contributed by atoms with Crippen molar-refractivity contribution in [3.63, 3.8) is 0 Å². The number of nitrogens with one attached hydrogen (secondary N) is 1. The molecule has 0 aliphatic rings. The lowest BCUT2D eigenvalue weighted by atomic mass is 10.1. The topological polar surface area (TPSA) is 88.5 Å². The molecular formula is C14H19N5O. The van der Waals surface area contributed by atoms with E-state index in [1.807, 2.05) is 43.6 Å². The summed E-state index contributed by atoms with van der Waals surface area (Å²) in [5.41, 5.74) is 8.46. The highest BCUT2D eigenvalue weighted by Crippen LogP contribution is 2.04. The molecule has 4 N–H and O–H groups in total. The zero-order valence-electron chi connectivity index (χ0n) is 11.5. The van der Waals surface area contributed by atoms with E-state index >= 15 is 0 Å². The number of nitrogens with two attached hydrogens (primary N) is 1. The molecule has 2 rings (SSSR count). The highest BCUT2D eigenvalue weighted by atomic mass is 16.4. The lowest BCUT2D eigenvalue weighted by molar-refractivity contribution is 0.318. The third kappa shape index (κ3) is 3.83. The second-order valence-corrected chi connectivity index (χ2v) is 4.59. The average Bonchev–Trinajstić information content (AvgIpc) is 2.89. The molecule has 1 aromatic carbocycles. The second-order valence-electron chi connectivity index (χ2n) is 4.59. The fourth-order valence-corrected chi connectivity index (χ4v) is 1.90. The Morgan fingerprint density at radius 1 is 1.35 bits per heavy atom. The maximum atomic E-state index is 8.58. The van der Waals surface area contributed by atoms with E-state index in [0.717, 1.165) is 30.8 Å². The van der Waals surface area contributed by atoms with Crippen molar-refractivity contribution in [3.05, 3.63) is 53.3 Å². The van der Waals surface area contributed by atoms with Gasteiger partial charge in [0.25, 0.3) is 0 Å². The third-order valence-electron chi connectivity index (χ3n) is 3.01. The smallest absolute Gasteiger partial charge is 0.170 e. The Morgan fingerprint density at radius 3 is 2.70 bits per heavy atom. The van der Waals surface area contributed by atoms with Gasteiger partial charge in [0.05, 0.1) is 5.69 Å². The van der Waals surface area contributed by atoms with Crippen molar-refractivity contribution >= 4 is 5.84 Å². The average molecular weight is 273 g/mol. The van der Waals surface area contributed by atoms with Gasteiger partial charge < -0.3 is 16.3 Å². The molecule has 0 unspecified atom stereocenters. The summed E-state index contributed by atoms with van der Waals surface area (Å²) in [6, 6.07) is 9.62. The zero-order chi connectivity index (χ0) is 14.4. The summed E-state index contributed by atoms with van der Waals surface area (Å²) in [7, 11) is 1.92. The maximum Gasteiger partial charge on any atom is 0.170 e. The van der Waals surface area contributed by atoms with Crippen molar-refractivity contribution in [2.24, 2.45) is 17.9 Å². The molecule has 0 fully saturated rings. The molecule has 6 heteroatoms. The van der Waals surface area contributed by atoms with Crippen molar-refractivity contribution in [2.45, 2.75) is 13.0 Å². The summed E-state index contributed by atoms with van der Waals surface area (Å²) in [6.45, 7) is 1.66. The summed E-state index contributed by atoms with van der Waals surface area (Å²) in [4.78, 5) is 0. The van der Waals surface area contributed by atoms with Gasteiger partial charge in [-0.15, -0.1) is 0 Å². The number of hydrogen-bond donors (Lipinski definition) is 3. The lowest BCUT2D eigenvalue weighted by Gasteiger charge is -2.05. The summed E-state index contributed by atoms with van der Waals surface area (Å²) >= 11 is 0. The van der Waals surface area contributed by atoms with Crippen LogP contribution >= 0.6 is 0 Å². The van der Waals surface area contributed by atoms with Crippen LogP contribution in [0.15, 0.2) is 41.7 Å². The summed E-state index contributed by atoms with van der Waals surface area (Å²) in [5, 5.41) is 19.2. The molecule has 0 radical (unpaired) electrons. The monoisotopic (exact) mass is 273 g/mol. The van der Waals surface area contributed by atoms with Crippen LogP contribution in [0.2, 0.25) is 0 Å². The first-order chi connectivity index (χ1) is 9.69. The first-order valence-electron chi connectivity index (χ1n) is 6.45. The molecule has 20 heavy (non-hydrogen) atoms. The molecule has 106 valence electrons. The highest BCUT2D eigenvalue weighted by Gasteiger charge is 2.00. The lowest BCUT2D eigenvalue weighted by Crippen LogP contribution is -2.17. The van der Waals surface area contributed by atoms with Crippen molar-refractivity contribution in [3.8, 4) is 0 Å². The third-order valence-corrected chi connectivity index (χ3v) is 3.01. The molecule has 6 nitrogen and oxygen atoms in total. The van der Waals surface area contributed by atoms with Gasteiger partial charge in [-0.05, 0) is 11.6 Å². The van der Waals surface area contributed by atoms with Gasteiger partial charge in [-0.3, -0.25) is 4.68 Å². The molecule has 0 amide bonds. The zero-order valence-corrected chi connectivity index (χ0v) is 11.5. The van der Waals surface area contributed by atoms with Crippen LogP contribution < -0.4 is 11.1 Å². The standard InChI is InChI=1S/C14H19N5O/c1-19-9-7-13(17-19)6-8-16-10-11-2-4-12(5-3-11)14(15)18-20/h2-5,7,9,16,20H,6,8,10H2,1H3,(H2,15,18). The summed E-state index contributed by atoms with van der Waals surface area (Å²) in [5.74, 6) is 0.125. The normalized spacial score (nSPS) is 11.8. The van der Waals surface area contributed by atoms with E-state index in [0.29, 0.717) is 5.56 Å². The van der Waals surface area contributed by atoms with Gasteiger partial charge in [0, 0.05) is 38.3 Å². The van der Waals surface area contributed by atoms with E-state index in [1.54, 1.807) is 4.68 Å². The predicted molar refractivity (Wildman–Crippen MR) is 77.6 cm³/mol. The minimum atomic E-state index is 0.125. The van der Waals surface area contributed by atoms with Gasteiger partial charge in [-0.1, -0.05) is 29.4 Å². The fourth-order valence-electron chi connectivity index (χ4n) is 1.90. The number of aryl methyl sites for hydroxylation is 1. The van der Waals surface area contributed by atoms with Crippen LogP contribution in [0.4, 0.5) is 0 Å². The van der Waals surface area contributed by atoms with Gasteiger partial charge in [0.15, 0.2) is 5.84 Å². The predicted octanol–water partition coefficient (Wildman–Crippen LogP) is 0.847. The molecule has 0 aliphatic heterocycles. The molecule has 0 spiro atoms. The molecule has 1 heterocycles. The first-order valence-corrected chi connectivity index (χ1v) is 6.45. The minimum absolute atomic E-state index is 0.125. The van der Waals surface area contributed by atoms with Gasteiger partial charge in [-0.2, -0.15) is 5.10 Å². The summed E-state index contributed by atoms with van der Waals surface area (Å²) < 4.78 is 1.81. The van der Waals surface area contributed by atoms with Gasteiger partial charge in [0.1, 0.15) is 0 Å². The number of rotatable bonds is 6. The van der Waals surface area contributed by atoms with E-state index in [-0.39, 0.29) is 5.84 Å². The number of oxime groups is 1. The SMILES string of the molecule is Cn1ccc(CCNCc2ccc(/C(N)=N/O)cc2)n1. The maximum absolute atomic E-state index is 8.58. The van der Waals surface area contributed by atoms with Gasteiger partial charge in [-0.25, -0.2) is 0 Å². The Hall–Kier alpha value is -2.34. The molecule has 0 saturated carbocycles. The quantitative estimate of drug-likeness (QED) is 0.239. The Labute approximate surface area is 117 Å². The second kappa shape index (κ2) is 6.72. The van der Waals surface area contributed by atoms with E-state index in [9.17, 15) is 0 Å². The molecule has 0 bridgehead atoms. The van der Waals surface area contributed by atoms with Crippen molar-refractivity contribution in [2.75, 3.05) is 6.54 Å². The first kappa shape index (κ1) is 14.1. The summed E-state index contributed by atoms with van der Waals surface area (Å²) in [6.07, 6.45) is 2.85. The van der Waals surface area contributed by atoms with Crippen molar-refractivity contribution in [1.82, 2.24) is 15.1 Å². The number of nitrogens with zero attached hydrogens (tertiary/aromatic N) is 3. The number of benzene rings is 1. The molecule has 0 atom stereocenters. The van der Waals surface area contributed by atoms with Gasteiger partial charge >= 0.3 is 0 Å². The largest absolute Gasteiger partial charge is 0.409 e. The Kier molecular flexibility index (Phi) is 4.73. The highest BCUT2D eigenvalue weighted by molar-refractivity contribution is 5.96. The minimum Gasteiger partial charge on any atom is -0.409 e. The van der Waals surface area contributed by atoms with Crippen molar-refractivity contribution < 1.29 is 5.21 Å². The van der Waals surface area contributed by atoms with Crippen LogP contribution in [0.3, 0.4) is 0 Å². The molecule has 1 aromatic heterocycles. The molecule has 2 aromatic rings. The Bertz CT molecular complexity index is 574. The molecular weight excluding hydrogens is 254 g/mol. The molecule has 0 saturated heterocycles. The van der Waals surface area contributed by atoms with Gasteiger partial charge in [0.2, 0.25) is 0 Å². The van der Waals surface area contributed by atoms with Crippen LogP contribution in [0.5, 0.6) is 0 Å². The molecule has 0 aliphatic carbocycles. The number of aromatic nitrogens is 2. The number of amidine groups is 1. The van der Waals surface area contributed by atoms with Crippen molar-refractivity contribution in [1.29, 1.82) is 0 Å². The van der Waals surface area contributed by atoms with E-state index < -0.39 is 0 Å².